The van der Waals surface area contributed by atoms with Gasteiger partial charge in [-0.3, -0.25) is 4.18 Å². The molecule has 0 amide bonds. The molecular formula is C6H10O2S. The summed E-state index contributed by atoms with van der Waals surface area (Å²) in [5.41, 5.74) is 1.10. The van der Waals surface area contributed by atoms with Crippen LogP contribution in [-0.4, -0.2) is 10.3 Å². The molecule has 0 spiro atoms. The van der Waals surface area contributed by atoms with Gasteiger partial charge in [-0.1, -0.05) is 0 Å². The van der Waals surface area contributed by atoms with Crippen LogP contribution in [0.4, 0.5) is 0 Å². The van der Waals surface area contributed by atoms with Gasteiger partial charge in [0, 0.05) is 4.91 Å². The highest BCUT2D eigenvalue weighted by molar-refractivity contribution is 7.84. The predicted octanol–water partition coefficient (Wildman–Crippen LogP) is 1.36. The van der Waals surface area contributed by atoms with Crippen molar-refractivity contribution in [1.82, 2.24) is 0 Å². The highest BCUT2D eigenvalue weighted by Crippen LogP contribution is 2.23. The van der Waals surface area contributed by atoms with Gasteiger partial charge >= 0.3 is 0 Å². The highest BCUT2D eigenvalue weighted by atomic mass is 32.2. The first-order valence-corrected chi connectivity index (χ1v) is 3.96. The van der Waals surface area contributed by atoms with E-state index in [0.717, 1.165) is 10.5 Å². The van der Waals surface area contributed by atoms with Crippen molar-refractivity contribution in [3.63, 3.8) is 0 Å². The molecule has 1 heterocycles. The van der Waals surface area contributed by atoms with Crippen molar-refractivity contribution in [2.75, 3.05) is 0 Å². The first-order chi connectivity index (χ1) is 4.13. The van der Waals surface area contributed by atoms with E-state index in [1.165, 1.54) is 0 Å². The quantitative estimate of drug-likeness (QED) is 0.516. The fraction of sp³-hybridized carbons (Fsp3) is 0.667. The number of hydrogen-bond donors (Lipinski definition) is 0. The maximum absolute atomic E-state index is 10.8. The molecule has 0 aromatic rings. The molecule has 2 unspecified atom stereocenters. The average molecular weight is 146 g/mol. The predicted molar refractivity (Wildman–Crippen MR) is 37.1 cm³/mol. The second kappa shape index (κ2) is 2.23. The molecule has 1 aliphatic heterocycles. The Morgan fingerprint density at radius 2 is 2.11 bits per heavy atom. The second-order valence-electron chi connectivity index (χ2n) is 2.21. The summed E-state index contributed by atoms with van der Waals surface area (Å²) in [6, 6.07) is 0. The largest absolute Gasteiger partial charge is 0.279 e. The summed E-state index contributed by atoms with van der Waals surface area (Å²) < 4.78 is 15.8. The Balaban J connectivity index is 2.92. The van der Waals surface area contributed by atoms with Crippen LogP contribution in [0.15, 0.2) is 10.5 Å². The molecule has 9 heavy (non-hydrogen) atoms. The molecule has 1 rings (SSSR count). The molecule has 0 saturated carbocycles. The Hall–Kier alpha value is -0.150. The Kier molecular flexibility index (Phi) is 1.73. The van der Waals surface area contributed by atoms with Crippen molar-refractivity contribution in [2.45, 2.75) is 26.9 Å². The molecule has 2 atom stereocenters. The van der Waals surface area contributed by atoms with Gasteiger partial charge in [0.05, 0.1) is 6.10 Å². The van der Waals surface area contributed by atoms with Crippen molar-refractivity contribution in [3.8, 4) is 0 Å². The lowest BCUT2D eigenvalue weighted by molar-refractivity contribution is 0.301. The maximum atomic E-state index is 10.8. The summed E-state index contributed by atoms with van der Waals surface area (Å²) in [7, 11) is 0. The van der Waals surface area contributed by atoms with Crippen molar-refractivity contribution in [3.05, 3.63) is 10.5 Å². The van der Waals surface area contributed by atoms with Crippen LogP contribution in [0.3, 0.4) is 0 Å². The molecule has 3 heteroatoms. The van der Waals surface area contributed by atoms with E-state index in [0.29, 0.717) is 0 Å². The summed E-state index contributed by atoms with van der Waals surface area (Å²) in [6.45, 7) is 5.70. The van der Waals surface area contributed by atoms with Gasteiger partial charge in [-0.25, -0.2) is 4.21 Å². The smallest absolute Gasteiger partial charge is 0.185 e. The molecule has 0 radical (unpaired) electrons. The molecule has 0 N–H and O–H groups in total. The standard InChI is InChI=1S/C6H10O2S/c1-4-5(2)8-9(7)6(4)3/h5H,1-3H3. The van der Waals surface area contributed by atoms with Crippen molar-refractivity contribution in [1.29, 1.82) is 0 Å². The lowest BCUT2D eigenvalue weighted by atomic mass is 10.2. The third kappa shape index (κ3) is 1.07. The normalized spacial score (nSPS) is 35.9. The van der Waals surface area contributed by atoms with Gasteiger partial charge < -0.3 is 0 Å². The minimum absolute atomic E-state index is 0.0471. The lowest BCUT2D eigenvalue weighted by Gasteiger charge is -1.98. The van der Waals surface area contributed by atoms with Gasteiger partial charge in [0.1, 0.15) is 0 Å². The van der Waals surface area contributed by atoms with E-state index in [1.54, 1.807) is 0 Å². The van der Waals surface area contributed by atoms with Crippen LogP contribution < -0.4 is 0 Å². The van der Waals surface area contributed by atoms with Crippen LogP contribution in [0, 0.1) is 0 Å². The van der Waals surface area contributed by atoms with E-state index in [4.69, 9.17) is 4.18 Å². The zero-order valence-electron chi connectivity index (χ0n) is 5.80. The van der Waals surface area contributed by atoms with E-state index >= 15 is 0 Å². The summed E-state index contributed by atoms with van der Waals surface area (Å²) in [5, 5.41) is 0. The van der Waals surface area contributed by atoms with Gasteiger partial charge in [-0.15, -0.1) is 0 Å². The SMILES string of the molecule is CC1=C(C)S(=O)OC1C. The minimum Gasteiger partial charge on any atom is -0.279 e. The van der Waals surface area contributed by atoms with E-state index in [-0.39, 0.29) is 6.10 Å². The van der Waals surface area contributed by atoms with Crippen LogP contribution in [0.1, 0.15) is 20.8 Å². The van der Waals surface area contributed by atoms with Crippen molar-refractivity contribution in [2.24, 2.45) is 0 Å². The van der Waals surface area contributed by atoms with E-state index in [9.17, 15) is 4.21 Å². The first-order valence-electron chi connectivity index (χ1n) is 2.89. The van der Waals surface area contributed by atoms with Gasteiger partial charge in [-0.2, -0.15) is 0 Å². The monoisotopic (exact) mass is 146 g/mol. The van der Waals surface area contributed by atoms with Crippen LogP contribution in [-0.2, 0) is 15.3 Å². The summed E-state index contributed by atoms with van der Waals surface area (Å²) in [5.74, 6) is 0. The molecular weight excluding hydrogens is 136 g/mol. The summed E-state index contributed by atoms with van der Waals surface area (Å²) in [4.78, 5) is 0.877. The molecule has 0 bridgehead atoms. The van der Waals surface area contributed by atoms with E-state index < -0.39 is 11.1 Å². The van der Waals surface area contributed by atoms with Gasteiger partial charge in [0.25, 0.3) is 0 Å². The molecule has 0 fully saturated rings. The minimum atomic E-state index is -1.15. The van der Waals surface area contributed by atoms with Crippen molar-refractivity contribution < 1.29 is 8.39 Å². The van der Waals surface area contributed by atoms with E-state index in [1.807, 2.05) is 20.8 Å². The van der Waals surface area contributed by atoms with E-state index in [2.05, 4.69) is 0 Å². The van der Waals surface area contributed by atoms with Crippen LogP contribution in [0.25, 0.3) is 0 Å². The molecule has 0 saturated heterocycles. The first kappa shape index (κ1) is 6.96. The van der Waals surface area contributed by atoms with Crippen LogP contribution >= 0.6 is 0 Å². The molecule has 0 aromatic heterocycles. The maximum Gasteiger partial charge on any atom is 0.185 e. The molecule has 2 nitrogen and oxygen atoms in total. The zero-order chi connectivity index (χ0) is 7.02. The van der Waals surface area contributed by atoms with Gasteiger partial charge in [-0.05, 0) is 26.3 Å². The molecule has 0 aromatic carbocycles. The second-order valence-corrected chi connectivity index (χ2v) is 3.49. The Labute approximate surface area is 57.6 Å². The fourth-order valence-electron chi connectivity index (χ4n) is 0.693. The zero-order valence-corrected chi connectivity index (χ0v) is 6.62. The van der Waals surface area contributed by atoms with Crippen molar-refractivity contribution >= 4 is 11.1 Å². The lowest BCUT2D eigenvalue weighted by Crippen LogP contribution is -2.00. The molecule has 0 aliphatic carbocycles. The average Bonchev–Trinajstić information content (AvgIpc) is 1.98. The number of rotatable bonds is 0. The van der Waals surface area contributed by atoms with Gasteiger partial charge in [0.15, 0.2) is 11.1 Å². The van der Waals surface area contributed by atoms with Crippen LogP contribution in [0.2, 0.25) is 0 Å². The highest BCUT2D eigenvalue weighted by Gasteiger charge is 2.22. The third-order valence-corrected chi connectivity index (χ3v) is 2.93. The molecule has 1 aliphatic rings. The fourth-order valence-corrected chi connectivity index (χ4v) is 1.67. The third-order valence-electron chi connectivity index (χ3n) is 1.65. The summed E-state index contributed by atoms with van der Waals surface area (Å²) >= 11 is -1.15. The van der Waals surface area contributed by atoms with Gasteiger partial charge in [0.2, 0.25) is 0 Å². The number of allylic oxidation sites excluding steroid dienone is 1. The van der Waals surface area contributed by atoms with Crippen LogP contribution in [0.5, 0.6) is 0 Å². The molecule has 52 valence electrons. The summed E-state index contributed by atoms with van der Waals surface area (Å²) in [6.07, 6.45) is 0.0471. The Morgan fingerprint density at radius 1 is 1.56 bits per heavy atom. The Morgan fingerprint density at radius 3 is 2.22 bits per heavy atom. The Bertz CT molecular complexity index is 183. The topological polar surface area (TPSA) is 26.3 Å². The number of hydrogen-bond acceptors (Lipinski definition) is 2.